The largest absolute Gasteiger partial charge is 0.315 e. The van der Waals surface area contributed by atoms with Crippen LogP contribution in [0.3, 0.4) is 0 Å². The molecular formula is C17H16FN3O2S2. The minimum Gasteiger partial charge on any atom is -0.315 e. The van der Waals surface area contributed by atoms with E-state index < -0.39 is 6.04 Å². The summed E-state index contributed by atoms with van der Waals surface area (Å²) in [5.74, 6) is 0.0840. The Kier molecular flexibility index (Phi) is 4.04. The first kappa shape index (κ1) is 16.5. The molecule has 25 heavy (non-hydrogen) atoms. The monoisotopic (exact) mass is 377 g/mol. The Hall–Kier alpha value is -1.93. The van der Waals surface area contributed by atoms with Crippen LogP contribution < -0.4 is 5.32 Å². The average Bonchev–Trinajstić information content (AvgIpc) is 3.24. The lowest BCUT2D eigenvalue weighted by atomic mass is 10.2. The lowest BCUT2D eigenvalue weighted by Gasteiger charge is -2.29. The van der Waals surface area contributed by atoms with Crippen LogP contribution in [-0.2, 0) is 9.59 Å². The van der Waals surface area contributed by atoms with E-state index in [1.807, 2.05) is 6.92 Å². The second-order valence-corrected chi connectivity index (χ2v) is 8.66. The second-order valence-electron chi connectivity index (χ2n) is 6.30. The van der Waals surface area contributed by atoms with Crippen molar-refractivity contribution >= 4 is 40.0 Å². The first-order chi connectivity index (χ1) is 12.0. The van der Waals surface area contributed by atoms with Crippen molar-refractivity contribution in [2.24, 2.45) is 0 Å². The van der Waals surface area contributed by atoms with Gasteiger partial charge in [-0.25, -0.2) is 9.37 Å². The number of hydrogen-bond donors (Lipinski definition) is 1. The molecule has 0 aliphatic carbocycles. The van der Waals surface area contributed by atoms with Gasteiger partial charge in [0.15, 0.2) is 5.13 Å². The van der Waals surface area contributed by atoms with E-state index in [1.54, 1.807) is 34.2 Å². The minimum absolute atomic E-state index is 0.0345. The third-order valence-electron chi connectivity index (χ3n) is 4.60. The van der Waals surface area contributed by atoms with Gasteiger partial charge in [-0.05, 0) is 25.5 Å². The number of thiazole rings is 1. The smallest absolute Gasteiger partial charge is 0.249 e. The zero-order chi connectivity index (χ0) is 17.6. The molecular weight excluding hydrogens is 361 g/mol. The highest BCUT2D eigenvalue weighted by Crippen LogP contribution is 2.47. The first-order valence-corrected chi connectivity index (χ1v) is 9.81. The molecule has 1 aromatic carbocycles. The quantitative estimate of drug-likeness (QED) is 0.891. The van der Waals surface area contributed by atoms with E-state index in [2.05, 4.69) is 10.3 Å². The van der Waals surface area contributed by atoms with Gasteiger partial charge in [0, 0.05) is 23.1 Å². The number of amides is 2. The Balaban J connectivity index is 1.50. The molecule has 2 saturated heterocycles. The van der Waals surface area contributed by atoms with E-state index in [0.29, 0.717) is 28.6 Å². The third kappa shape index (κ3) is 2.93. The van der Waals surface area contributed by atoms with E-state index in [-0.39, 0.29) is 22.5 Å². The summed E-state index contributed by atoms with van der Waals surface area (Å²) in [6.07, 6.45) is 1.27. The van der Waals surface area contributed by atoms with Crippen molar-refractivity contribution in [1.29, 1.82) is 0 Å². The van der Waals surface area contributed by atoms with Crippen LogP contribution in [0.15, 0.2) is 29.6 Å². The van der Waals surface area contributed by atoms with E-state index in [9.17, 15) is 14.0 Å². The molecule has 2 unspecified atom stereocenters. The van der Waals surface area contributed by atoms with Gasteiger partial charge in [0.1, 0.15) is 11.9 Å². The molecule has 1 aromatic heterocycles. The number of fused-ring (bicyclic) bond motifs is 1. The highest BCUT2D eigenvalue weighted by atomic mass is 32.2. The average molecular weight is 377 g/mol. The summed E-state index contributed by atoms with van der Waals surface area (Å²) in [4.78, 5) is 30.6. The van der Waals surface area contributed by atoms with Gasteiger partial charge in [-0.3, -0.25) is 9.59 Å². The topological polar surface area (TPSA) is 62.3 Å². The number of hydrogen-bond acceptors (Lipinski definition) is 5. The molecule has 130 valence electrons. The van der Waals surface area contributed by atoms with Crippen molar-refractivity contribution in [1.82, 2.24) is 9.88 Å². The molecule has 8 heteroatoms. The number of rotatable bonds is 3. The molecule has 2 aliphatic heterocycles. The summed E-state index contributed by atoms with van der Waals surface area (Å²) in [5.41, 5.74) is 1.28. The van der Waals surface area contributed by atoms with Crippen LogP contribution in [0.1, 0.15) is 19.8 Å². The van der Waals surface area contributed by atoms with E-state index in [4.69, 9.17) is 0 Å². The fraction of sp³-hybridized carbons (Fsp3) is 0.353. The van der Waals surface area contributed by atoms with Gasteiger partial charge in [0.25, 0.3) is 0 Å². The lowest BCUT2D eigenvalue weighted by Crippen LogP contribution is -2.48. The van der Waals surface area contributed by atoms with E-state index in [0.717, 1.165) is 6.42 Å². The number of anilines is 1. The highest BCUT2D eigenvalue weighted by molar-refractivity contribution is 8.01. The van der Waals surface area contributed by atoms with Crippen molar-refractivity contribution in [2.75, 3.05) is 11.1 Å². The molecule has 2 fully saturated rings. The molecule has 0 saturated carbocycles. The number of thioether (sulfide) groups is 1. The molecule has 0 radical (unpaired) electrons. The fourth-order valence-corrected chi connectivity index (χ4v) is 5.47. The van der Waals surface area contributed by atoms with Crippen molar-refractivity contribution in [2.45, 2.75) is 30.7 Å². The minimum atomic E-state index is -0.466. The maximum atomic E-state index is 13.3. The summed E-state index contributed by atoms with van der Waals surface area (Å²) in [6, 6.07) is 5.71. The summed E-state index contributed by atoms with van der Waals surface area (Å²) in [6.45, 7) is 2.02. The number of nitrogens with one attached hydrogen (secondary N) is 1. The molecule has 3 heterocycles. The summed E-state index contributed by atoms with van der Waals surface area (Å²) in [5, 5.41) is 5.04. The summed E-state index contributed by atoms with van der Waals surface area (Å²) >= 11 is 2.94. The molecule has 0 bridgehead atoms. The maximum absolute atomic E-state index is 13.3. The summed E-state index contributed by atoms with van der Waals surface area (Å²) in [7, 11) is 0. The van der Waals surface area contributed by atoms with Crippen molar-refractivity contribution in [3.63, 3.8) is 0 Å². The number of benzene rings is 1. The Morgan fingerprint density at radius 3 is 3.12 bits per heavy atom. The van der Waals surface area contributed by atoms with Crippen molar-refractivity contribution in [3.8, 4) is 11.3 Å². The van der Waals surface area contributed by atoms with Crippen molar-refractivity contribution < 1.29 is 14.0 Å². The van der Waals surface area contributed by atoms with Crippen LogP contribution in [0.5, 0.6) is 0 Å². The summed E-state index contributed by atoms with van der Waals surface area (Å²) < 4.78 is 13.3. The molecule has 2 aromatic rings. The molecule has 2 aliphatic rings. The van der Waals surface area contributed by atoms with E-state index >= 15 is 0 Å². The number of carbonyl (C=O) groups is 2. The Labute approximate surface area is 152 Å². The number of nitrogens with zero attached hydrogens (tertiary/aromatic N) is 2. The molecule has 2 atom stereocenters. The number of carbonyl (C=O) groups excluding carboxylic acids is 2. The van der Waals surface area contributed by atoms with Crippen LogP contribution in [0, 0.1) is 5.82 Å². The standard InChI is InChI=1S/C17H16FN3O2S2/c1-17-6-5-14(22)21(17)13(9-25-17)15(23)20-16-19-12(8-24-16)10-3-2-4-11(18)7-10/h2-4,7-8,13H,5-6,9H2,1H3,(H,19,20,23). The Morgan fingerprint density at radius 2 is 2.32 bits per heavy atom. The van der Waals surface area contributed by atoms with Gasteiger partial charge in [-0.15, -0.1) is 23.1 Å². The van der Waals surface area contributed by atoms with Crippen LogP contribution >= 0.6 is 23.1 Å². The number of aromatic nitrogens is 1. The lowest BCUT2D eigenvalue weighted by molar-refractivity contribution is -0.135. The molecule has 2 amide bonds. The van der Waals surface area contributed by atoms with Gasteiger partial charge < -0.3 is 10.2 Å². The SMILES string of the molecule is CC12CCC(=O)N1C(C(=O)Nc1nc(-c3cccc(F)c3)cs1)CS2. The van der Waals surface area contributed by atoms with Gasteiger partial charge in [0.05, 0.1) is 10.6 Å². The van der Waals surface area contributed by atoms with Gasteiger partial charge in [-0.1, -0.05) is 12.1 Å². The third-order valence-corrected chi connectivity index (χ3v) is 6.87. The molecule has 0 spiro atoms. The predicted octanol–water partition coefficient (Wildman–Crippen LogP) is 3.34. The Morgan fingerprint density at radius 1 is 1.48 bits per heavy atom. The van der Waals surface area contributed by atoms with Gasteiger partial charge >= 0.3 is 0 Å². The molecule has 1 N–H and O–H groups in total. The zero-order valence-electron chi connectivity index (χ0n) is 13.5. The maximum Gasteiger partial charge on any atom is 0.249 e. The van der Waals surface area contributed by atoms with Gasteiger partial charge in [0.2, 0.25) is 11.8 Å². The highest BCUT2D eigenvalue weighted by Gasteiger charge is 2.52. The predicted molar refractivity (Wildman–Crippen MR) is 96.9 cm³/mol. The first-order valence-electron chi connectivity index (χ1n) is 7.95. The molecule has 5 nitrogen and oxygen atoms in total. The van der Waals surface area contributed by atoms with Crippen molar-refractivity contribution in [3.05, 3.63) is 35.5 Å². The zero-order valence-corrected chi connectivity index (χ0v) is 15.1. The fourth-order valence-electron chi connectivity index (χ4n) is 3.31. The van der Waals surface area contributed by atoms with Crippen LogP contribution in [-0.4, -0.2) is 38.4 Å². The molecule has 4 rings (SSSR count). The number of halogens is 1. The Bertz CT molecular complexity index is 856. The van der Waals surface area contributed by atoms with E-state index in [1.165, 1.54) is 23.5 Å². The normalized spacial score (nSPS) is 25.3. The van der Waals surface area contributed by atoms with Gasteiger partial charge in [-0.2, -0.15) is 0 Å². The second kappa shape index (κ2) is 6.10. The van der Waals surface area contributed by atoms with Crippen LogP contribution in [0.2, 0.25) is 0 Å². The van der Waals surface area contributed by atoms with Crippen LogP contribution in [0.4, 0.5) is 9.52 Å². The van der Waals surface area contributed by atoms with Crippen LogP contribution in [0.25, 0.3) is 11.3 Å².